The number of ether oxygens (including phenoxy) is 1. The normalized spacial score (nSPS) is 20.1. The van der Waals surface area contributed by atoms with Crippen LogP contribution in [0, 0.1) is 16.0 Å². The lowest BCUT2D eigenvalue weighted by Crippen LogP contribution is -2.20. The van der Waals surface area contributed by atoms with Crippen LogP contribution in [0.4, 0.5) is 24.5 Å². The molecule has 1 heterocycles. The summed E-state index contributed by atoms with van der Waals surface area (Å²) in [5, 5.41) is 13.6. The van der Waals surface area contributed by atoms with Crippen LogP contribution in [0.5, 0.6) is 0 Å². The van der Waals surface area contributed by atoms with Crippen LogP contribution >= 0.6 is 0 Å². The number of nitro benzene ring substituents is 1. The summed E-state index contributed by atoms with van der Waals surface area (Å²) in [5.41, 5.74) is -0.811. The zero-order chi connectivity index (χ0) is 18.7. The average Bonchev–Trinajstić information content (AvgIpc) is 3.08. The van der Waals surface area contributed by atoms with E-state index in [9.17, 15) is 23.3 Å². The summed E-state index contributed by atoms with van der Waals surface area (Å²) in [7, 11) is 0. The van der Waals surface area contributed by atoms with E-state index in [2.05, 4.69) is 5.32 Å². The Bertz CT molecular complexity index is 781. The summed E-state index contributed by atoms with van der Waals surface area (Å²) in [4.78, 5) is 9.92. The highest BCUT2D eigenvalue weighted by molar-refractivity contribution is 5.57. The number of nitrogens with one attached hydrogen (secondary N) is 1. The molecule has 1 aliphatic rings. The van der Waals surface area contributed by atoms with Crippen molar-refractivity contribution < 1.29 is 22.8 Å². The molecule has 0 amide bonds. The number of non-ortho nitro benzene ring substituents is 1. The van der Waals surface area contributed by atoms with E-state index >= 15 is 0 Å². The molecule has 0 spiro atoms. The number of alkyl halides is 3. The van der Waals surface area contributed by atoms with Gasteiger partial charge in [-0.1, -0.05) is 30.3 Å². The second kappa shape index (κ2) is 7.33. The minimum absolute atomic E-state index is 0.00803. The first-order chi connectivity index (χ1) is 12.4. The highest BCUT2D eigenvalue weighted by Gasteiger charge is 2.36. The molecular formula is C18H17F3N2O3. The number of benzene rings is 2. The molecule has 1 aliphatic heterocycles. The largest absolute Gasteiger partial charge is 0.418 e. The summed E-state index contributed by atoms with van der Waals surface area (Å²) in [6, 6.07) is 12.2. The third-order valence-corrected chi connectivity index (χ3v) is 4.42. The van der Waals surface area contributed by atoms with Crippen molar-refractivity contribution in [2.45, 2.75) is 18.7 Å². The molecule has 1 N–H and O–H groups in total. The van der Waals surface area contributed by atoms with E-state index in [0.29, 0.717) is 12.7 Å². The molecule has 2 aromatic carbocycles. The predicted octanol–water partition coefficient (Wildman–Crippen LogP) is 4.80. The van der Waals surface area contributed by atoms with Gasteiger partial charge in [-0.3, -0.25) is 10.1 Å². The minimum Gasteiger partial charge on any atom is -0.384 e. The Morgan fingerprint density at radius 1 is 1.19 bits per heavy atom. The number of halogens is 3. The zero-order valence-corrected chi connectivity index (χ0v) is 13.7. The smallest absolute Gasteiger partial charge is 0.384 e. The van der Waals surface area contributed by atoms with Crippen molar-refractivity contribution in [1.82, 2.24) is 0 Å². The summed E-state index contributed by atoms with van der Waals surface area (Å²) >= 11 is 0. The zero-order valence-electron chi connectivity index (χ0n) is 13.7. The molecule has 0 aliphatic carbocycles. The third kappa shape index (κ3) is 3.96. The molecule has 2 aromatic rings. The molecule has 26 heavy (non-hydrogen) atoms. The molecule has 0 aromatic heterocycles. The molecule has 0 saturated carbocycles. The number of anilines is 1. The van der Waals surface area contributed by atoms with Crippen LogP contribution in [-0.4, -0.2) is 18.1 Å². The van der Waals surface area contributed by atoms with E-state index in [1.807, 2.05) is 30.3 Å². The number of nitro groups is 1. The number of hydrogen-bond donors (Lipinski definition) is 1. The van der Waals surface area contributed by atoms with E-state index in [1.54, 1.807) is 0 Å². The fourth-order valence-corrected chi connectivity index (χ4v) is 3.13. The van der Waals surface area contributed by atoms with Crippen LogP contribution < -0.4 is 5.32 Å². The van der Waals surface area contributed by atoms with Gasteiger partial charge in [-0.15, -0.1) is 0 Å². The van der Waals surface area contributed by atoms with Crippen molar-refractivity contribution in [2.24, 2.45) is 5.92 Å². The van der Waals surface area contributed by atoms with Gasteiger partial charge in [-0.2, -0.15) is 13.2 Å². The molecule has 0 radical (unpaired) electrons. The lowest BCUT2D eigenvalue weighted by atomic mass is 9.95. The Labute approximate surface area is 147 Å². The summed E-state index contributed by atoms with van der Waals surface area (Å²) in [5.74, 6) is 0.00803. The quantitative estimate of drug-likeness (QED) is 0.610. The Morgan fingerprint density at radius 3 is 2.58 bits per heavy atom. The molecule has 138 valence electrons. The van der Waals surface area contributed by atoms with E-state index < -0.39 is 22.4 Å². The number of hydrogen-bond acceptors (Lipinski definition) is 4. The lowest BCUT2D eigenvalue weighted by Gasteiger charge is -2.21. The van der Waals surface area contributed by atoms with Crippen LogP contribution in [0.25, 0.3) is 0 Å². The van der Waals surface area contributed by atoms with E-state index in [-0.39, 0.29) is 24.3 Å². The van der Waals surface area contributed by atoms with E-state index in [1.165, 1.54) is 0 Å². The van der Waals surface area contributed by atoms with Crippen molar-refractivity contribution in [3.8, 4) is 0 Å². The standard InChI is InChI=1S/C18H17F3N2O3/c19-18(20,21)15-10-14(23(24)25)6-7-16(15)22-11-13-8-9-26-17(13)12-4-2-1-3-5-12/h1-7,10,13,17,22H,8-9,11H2. The van der Waals surface area contributed by atoms with Crippen molar-refractivity contribution in [3.05, 3.63) is 69.8 Å². The van der Waals surface area contributed by atoms with Gasteiger partial charge >= 0.3 is 6.18 Å². The molecule has 0 bridgehead atoms. The topological polar surface area (TPSA) is 64.4 Å². The molecule has 5 nitrogen and oxygen atoms in total. The molecule has 8 heteroatoms. The molecule has 1 fully saturated rings. The maximum atomic E-state index is 13.2. The molecular weight excluding hydrogens is 349 g/mol. The van der Waals surface area contributed by atoms with Crippen molar-refractivity contribution in [1.29, 1.82) is 0 Å². The van der Waals surface area contributed by atoms with Gasteiger partial charge in [0.1, 0.15) is 0 Å². The lowest BCUT2D eigenvalue weighted by molar-refractivity contribution is -0.385. The van der Waals surface area contributed by atoms with Gasteiger partial charge in [0.2, 0.25) is 0 Å². The predicted molar refractivity (Wildman–Crippen MR) is 89.8 cm³/mol. The van der Waals surface area contributed by atoms with Gasteiger partial charge in [-0.05, 0) is 18.1 Å². The van der Waals surface area contributed by atoms with Crippen LogP contribution in [-0.2, 0) is 10.9 Å². The van der Waals surface area contributed by atoms with E-state index in [0.717, 1.165) is 24.1 Å². The van der Waals surface area contributed by atoms with Crippen LogP contribution in [0.1, 0.15) is 23.7 Å². The maximum Gasteiger partial charge on any atom is 0.418 e. The fraction of sp³-hybridized carbons (Fsp3) is 0.333. The summed E-state index contributed by atoms with van der Waals surface area (Å²) in [6.45, 7) is 0.818. The van der Waals surface area contributed by atoms with Crippen molar-refractivity contribution in [3.63, 3.8) is 0 Å². The Balaban J connectivity index is 1.78. The van der Waals surface area contributed by atoms with Gasteiger partial charge < -0.3 is 10.1 Å². The van der Waals surface area contributed by atoms with Crippen LogP contribution in [0.15, 0.2) is 48.5 Å². The average molecular weight is 366 g/mol. The fourth-order valence-electron chi connectivity index (χ4n) is 3.13. The number of nitrogens with zero attached hydrogens (tertiary/aromatic N) is 1. The molecule has 3 rings (SSSR count). The SMILES string of the molecule is O=[N+]([O-])c1ccc(NCC2CCOC2c2ccccc2)c(C(F)(F)F)c1. The number of rotatable bonds is 5. The Kier molecular flexibility index (Phi) is 5.13. The third-order valence-electron chi connectivity index (χ3n) is 4.42. The first-order valence-electron chi connectivity index (χ1n) is 8.12. The highest BCUT2D eigenvalue weighted by atomic mass is 19.4. The van der Waals surface area contributed by atoms with Crippen molar-refractivity contribution >= 4 is 11.4 Å². The first-order valence-corrected chi connectivity index (χ1v) is 8.12. The van der Waals surface area contributed by atoms with Crippen LogP contribution in [0.3, 0.4) is 0 Å². The Hall–Kier alpha value is -2.61. The monoisotopic (exact) mass is 366 g/mol. The van der Waals surface area contributed by atoms with Crippen LogP contribution in [0.2, 0.25) is 0 Å². The maximum absolute atomic E-state index is 13.2. The molecule has 1 saturated heterocycles. The van der Waals surface area contributed by atoms with Gasteiger partial charge in [-0.25, -0.2) is 0 Å². The first kappa shape index (κ1) is 18.2. The summed E-state index contributed by atoms with van der Waals surface area (Å²) < 4.78 is 45.5. The molecule has 2 atom stereocenters. The second-order valence-corrected chi connectivity index (χ2v) is 6.12. The Morgan fingerprint density at radius 2 is 1.92 bits per heavy atom. The second-order valence-electron chi connectivity index (χ2n) is 6.12. The van der Waals surface area contributed by atoms with E-state index in [4.69, 9.17) is 4.74 Å². The minimum atomic E-state index is -4.68. The summed E-state index contributed by atoms with van der Waals surface area (Å²) in [6.07, 6.45) is -4.14. The van der Waals surface area contributed by atoms with Gasteiger partial charge in [0, 0.05) is 36.9 Å². The molecule has 2 unspecified atom stereocenters. The van der Waals surface area contributed by atoms with Crippen molar-refractivity contribution in [2.75, 3.05) is 18.5 Å². The highest BCUT2D eigenvalue weighted by Crippen LogP contribution is 2.39. The van der Waals surface area contributed by atoms with Gasteiger partial charge in [0.15, 0.2) is 0 Å². The van der Waals surface area contributed by atoms with Gasteiger partial charge in [0.25, 0.3) is 5.69 Å². The van der Waals surface area contributed by atoms with Gasteiger partial charge in [0.05, 0.1) is 16.6 Å².